The number of H-pyrrole nitrogens is 1. The first-order valence-corrected chi connectivity index (χ1v) is 10.1. The number of pyridine rings is 2. The van der Waals surface area contributed by atoms with E-state index in [0.29, 0.717) is 5.69 Å². The molecule has 156 valence electrons. The zero-order chi connectivity index (χ0) is 20.9. The number of carbonyl (C=O) groups excluding carboxylic acids is 1. The molecular weight excluding hydrogens is 366 g/mol. The molecule has 1 fully saturated rings. The Labute approximate surface area is 172 Å². The molecule has 0 bridgehead atoms. The van der Waals surface area contributed by atoms with Crippen LogP contribution in [0.5, 0.6) is 0 Å². The highest BCUT2D eigenvalue weighted by Crippen LogP contribution is 2.18. The molecule has 1 aliphatic heterocycles. The summed E-state index contributed by atoms with van der Waals surface area (Å²) in [6.07, 6.45) is 12.3. The number of nitrogens with zero attached hydrogens (tertiary/aromatic N) is 2. The molecule has 1 aliphatic rings. The Morgan fingerprint density at radius 2 is 1.93 bits per heavy atom. The van der Waals surface area contributed by atoms with Gasteiger partial charge in [-0.25, -0.2) is 0 Å². The highest BCUT2D eigenvalue weighted by Gasteiger charge is 2.13. The van der Waals surface area contributed by atoms with E-state index in [0.717, 1.165) is 50.1 Å². The Hall–Kier alpha value is -2.93. The number of piperidine rings is 1. The van der Waals surface area contributed by atoms with Gasteiger partial charge in [0.15, 0.2) is 0 Å². The maximum Gasteiger partial charge on any atom is 0.271 e. The Bertz CT molecular complexity index is 827. The molecule has 29 heavy (non-hydrogen) atoms. The van der Waals surface area contributed by atoms with Crippen molar-refractivity contribution in [2.75, 3.05) is 38.5 Å². The second-order valence-corrected chi connectivity index (χ2v) is 6.74. The van der Waals surface area contributed by atoms with Crippen molar-refractivity contribution < 1.29 is 4.79 Å². The molecule has 7 heteroatoms. The van der Waals surface area contributed by atoms with Gasteiger partial charge in [0, 0.05) is 56.4 Å². The molecule has 0 aromatic carbocycles. The first-order chi connectivity index (χ1) is 14.2. The van der Waals surface area contributed by atoms with Crippen LogP contribution in [0.15, 0.2) is 53.7 Å². The molecule has 3 N–H and O–H groups in total. The monoisotopic (exact) mass is 397 g/mol. The molecule has 2 aromatic heterocycles. The van der Waals surface area contributed by atoms with E-state index < -0.39 is 0 Å². The molecule has 3 rings (SSSR count). The number of aromatic nitrogens is 2. The Morgan fingerprint density at radius 3 is 2.59 bits per heavy atom. The lowest BCUT2D eigenvalue weighted by atomic mass is 10.1. The van der Waals surface area contributed by atoms with E-state index >= 15 is 0 Å². The number of nitrogens with one attached hydrogen (secondary N) is 3. The highest BCUT2D eigenvalue weighted by atomic mass is 16.2. The molecule has 7 nitrogen and oxygen atoms in total. The first kappa shape index (κ1) is 22.4. The van der Waals surface area contributed by atoms with Gasteiger partial charge in [0.25, 0.3) is 5.56 Å². The summed E-state index contributed by atoms with van der Waals surface area (Å²) in [5.41, 5.74) is 2.50. The average molecular weight is 398 g/mol. The summed E-state index contributed by atoms with van der Waals surface area (Å²) in [6.45, 7) is 5.31. The van der Waals surface area contributed by atoms with Gasteiger partial charge in [-0.3, -0.25) is 14.6 Å². The van der Waals surface area contributed by atoms with Crippen LogP contribution >= 0.6 is 0 Å². The second-order valence-electron chi connectivity index (χ2n) is 6.74. The van der Waals surface area contributed by atoms with Crippen LogP contribution in [0.25, 0.3) is 11.1 Å². The third kappa shape index (κ3) is 7.54. The van der Waals surface area contributed by atoms with Crippen molar-refractivity contribution in [3.05, 3.63) is 59.3 Å². The maximum absolute atomic E-state index is 11.5. The molecule has 0 spiro atoms. The van der Waals surface area contributed by atoms with Crippen LogP contribution in [-0.4, -0.2) is 54.0 Å². The van der Waals surface area contributed by atoms with Gasteiger partial charge in [0.05, 0.1) is 0 Å². The van der Waals surface area contributed by atoms with Crippen LogP contribution in [0.2, 0.25) is 0 Å². The lowest BCUT2D eigenvalue weighted by Gasteiger charge is -2.25. The summed E-state index contributed by atoms with van der Waals surface area (Å²) in [6, 6.07) is 5.66. The number of hydrogen-bond acceptors (Lipinski definition) is 5. The zero-order valence-electron chi connectivity index (χ0n) is 17.3. The third-order valence-electron chi connectivity index (χ3n) is 4.53. The number of aromatic amines is 1. The lowest BCUT2D eigenvalue weighted by Crippen LogP contribution is -2.34. The number of amides is 1. The van der Waals surface area contributed by atoms with E-state index in [2.05, 4.69) is 20.6 Å². The van der Waals surface area contributed by atoms with Crippen molar-refractivity contribution in [3.8, 4) is 11.1 Å². The first-order valence-electron chi connectivity index (χ1n) is 10.1. The topological polar surface area (TPSA) is 90.1 Å². The molecular formula is C22H31N5O2. The molecule has 0 saturated carbocycles. The van der Waals surface area contributed by atoms with Gasteiger partial charge in [-0.1, -0.05) is 6.08 Å². The van der Waals surface area contributed by atoms with Crippen LogP contribution in [0.3, 0.4) is 0 Å². The highest BCUT2D eigenvalue weighted by molar-refractivity contribution is 5.87. The maximum atomic E-state index is 11.5. The summed E-state index contributed by atoms with van der Waals surface area (Å²) < 4.78 is 0. The van der Waals surface area contributed by atoms with Crippen molar-refractivity contribution >= 4 is 11.6 Å². The van der Waals surface area contributed by atoms with Crippen molar-refractivity contribution in [3.63, 3.8) is 0 Å². The average Bonchev–Trinajstić information content (AvgIpc) is 2.77. The third-order valence-corrected chi connectivity index (χ3v) is 4.53. The fraction of sp³-hybridized carbons (Fsp3) is 0.409. The predicted octanol–water partition coefficient (Wildman–Crippen LogP) is 2.64. The minimum absolute atomic E-state index is 0.0975. The summed E-state index contributed by atoms with van der Waals surface area (Å²) in [7, 11) is 1.87. The van der Waals surface area contributed by atoms with Gasteiger partial charge < -0.3 is 20.5 Å². The van der Waals surface area contributed by atoms with Crippen molar-refractivity contribution in [1.29, 1.82) is 0 Å². The Morgan fingerprint density at radius 1 is 1.21 bits per heavy atom. The molecule has 2 aromatic rings. The molecule has 3 heterocycles. The smallest absolute Gasteiger partial charge is 0.271 e. The molecule has 0 radical (unpaired) electrons. The van der Waals surface area contributed by atoms with Gasteiger partial charge in [0.1, 0.15) is 5.69 Å². The SMILES string of the molecule is CCNc1cc(-c2ccncc2)c[nH]c1=O.CNC/C=C/C(=O)N1CCCCC1. The normalized spacial score (nSPS) is 13.7. The van der Waals surface area contributed by atoms with Crippen molar-refractivity contribution in [2.24, 2.45) is 0 Å². The summed E-state index contributed by atoms with van der Waals surface area (Å²) >= 11 is 0. The predicted molar refractivity (Wildman–Crippen MR) is 118 cm³/mol. The van der Waals surface area contributed by atoms with Crippen LogP contribution in [0.1, 0.15) is 26.2 Å². The number of likely N-dealkylation sites (N-methyl/N-ethyl adjacent to an activating group) is 1. The van der Waals surface area contributed by atoms with Crippen molar-refractivity contribution in [2.45, 2.75) is 26.2 Å². The number of likely N-dealkylation sites (tertiary alicyclic amines) is 1. The fourth-order valence-corrected chi connectivity index (χ4v) is 3.01. The number of carbonyl (C=O) groups is 1. The molecule has 0 atom stereocenters. The van der Waals surface area contributed by atoms with E-state index in [1.165, 1.54) is 6.42 Å². The van der Waals surface area contributed by atoms with Crippen LogP contribution in [0, 0.1) is 0 Å². The fourth-order valence-electron chi connectivity index (χ4n) is 3.01. The van der Waals surface area contributed by atoms with E-state index in [1.807, 2.05) is 43.1 Å². The van der Waals surface area contributed by atoms with Gasteiger partial charge in [-0.05, 0) is 57.0 Å². The van der Waals surface area contributed by atoms with Crippen molar-refractivity contribution in [1.82, 2.24) is 20.2 Å². The molecule has 0 unspecified atom stereocenters. The lowest BCUT2D eigenvalue weighted by molar-refractivity contribution is -0.126. The molecule has 0 aliphatic carbocycles. The Balaban J connectivity index is 0.000000212. The quantitative estimate of drug-likeness (QED) is 0.652. The second kappa shape index (κ2) is 12.5. The van der Waals surface area contributed by atoms with E-state index in [-0.39, 0.29) is 11.5 Å². The number of anilines is 1. The molecule has 1 amide bonds. The standard InChI is InChI=1S/C12H13N3O.C10H18N2O/c1-2-14-11-7-10(8-15-12(11)16)9-3-5-13-6-4-9;1-11-7-5-6-10(13)12-8-3-2-4-9-12/h3-8,14H,2H2,1H3,(H,15,16);5-6,11H,2-4,7-9H2,1H3/b;6-5+. The van der Waals surface area contributed by atoms with E-state index in [4.69, 9.17) is 0 Å². The van der Waals surface area contributed by atoms with Gasteiger partial charge in [-0.2, -0.15) is 0 Å². The minimum Gasteiger partial charge on any atom is -0.381 e. The van der Waals surface area contributed by atoms with Gasteiger partial charge >= 0.3 is 0 Å². The van der Waals surface area contributed by atoms with Crippen LogP contribution in [-0.2, 0) is 4.79 Å². The van der Waals surface area contributed by atoms with Crippen LogP contribution in [0.4, 0.5) is 5.69 Å². The zero-order valence-corrected chi connectivity index (χ0v) is 17.3. The van der Waals surface area contributed by atoms with E-state index in [9.17, 15) is 9.59 Å². The number of hydrogen-bond donors (Lipinski definition) is 3. The van der Waals surface area contributed by atoms with Gasteiger partial charge in [0.2, 0.25) is 5.91 Å². The summed E-state index contributed by atoms with van der Waals surface area (Å²) in [4.78, 5) is 31.5. The minimum atomic E-state index is -0.0975. The molecule has 1 saturated heterocycles. The Kier molecular flexibility index (Phi) is 9.65. The van der Waals surface area contributed by atoms with E-state index in [1.54, 1.807) is 24.7 Å². The number of rotatable bonds is 6. The van der Waals surface area contributed by atoms with Gasteiger partial charge in [-0.15, -0.1) is 0 Å². The largest absolute Gasteiger partial charge is 0.381 e. The summed E-state index contributed by atoms with van der Waals surface area (Å²) in [5, 5.41) is 6.00. The van der Waals surface area contributed by atoms with Crippen LogP contribution < -0.4 is 16.2 Å². The summed E-state index contributed by atoms with van der Waals surface area (Å²) in [5.74, 6) is 0.162.